The Kier molecular flexibility index (Phi) is 4.08. The summed E-state index contributed by atoms with van der Waals surface area (Å²) in [6, 6.07) is 0. The average Bonchev–Trinajstić information content (AvgIpc) is 2.33. The van der Waals surface area contributed by atoms with Gasteiger partial charge in [0.15, 0.2) is 0 Å². The zero-order chi connectivity index (χ0) is 8.81. The van der Waals surface area contributed by atoms with Crippen molar-refractivity contribution in [3.05, 3.63) is 0 Å². The predicted octanol–water partition coefficient (Wildman–Crippen LogP) is 1.04. The van der Waals surface area contributed by atoms with Crippen LogP contribution in [0.4, 0.5) is 0 Å². The quantitative estimate of drug-likeness (QED) is 0.581. The van der Waals surface area contributed by atoms with Gasteiger partial charge >= 0.3 is 5.97 Å². The number of nitrogens with zero attached hydrogens (tertiary/aromatic N) is 1. The lowest BCUT2D eigenvalue weighted by Crippen LogP contribution is -2.31. The minimum absolute atomic E-state index is 0.114. The number of methoxy groups -OCH3 is 1. The summed E-state index contributed by atoms with van der Waals surface area (Å²) in [6.07, 6.45) is 5.04. The molecule has 1 aliphatic rings. The van der Waals surface area contributed by atoms with Gasteiger partial charge in [-0.25, -0.2) is 0 Å². The minimum atomic E-state index is -0.114. The summed E-state index contributed by atoms with van der Waals surface area (Å²) < 4.78 is 4.61. The maximum Gasteiger partial charge on any atom is 0.319 e. The zero-order valence-electron chi connectivity index (χ0n) is 7.71. The fourth-order valence-corrected chi connectivity index (χ4v) is 1.54. The highest BCUT2D eigenvalue weighted by Gasteiger charge is 2.12. The van der Waals surface area contributed by atoms with Crippen LogP contribution in [0.3, 0.4) is 0 Å². The number of carbonyl (C=O) groups excluding carboxylic acids is 1. The Morgan fingerprint density at radius 2 is 1.83 bits per heavy atom. The Bertz CT molecular complexity index is 139. The first-order valence-corrected chi connectivity index (χ1v) is 4.62. The van der Waals surface area contributed by atoms with Gasteiger partial charge in [0.25, 0.3) is 0 Å². The fourth-order valence-electron chi connectivity index (χ4n) is 1.54. The average molecular weight is 171 g/mol. The molecule has 0 amide bonds. The molecule has 0 aromatic carbocycles. The van der Waals surface area contributed by atoms with E-state index in [9.17, 15) is 4.79 Å². The fraction of sp³-hybridized carbons (Fsp3) is 0.889. The summed E-state index contributed by atoms with van der Waals surface area (Å²) in [5.41, 5.74) is 0. The highest BCUT2D eigenvalue weighted by atomic mass is 16.5. The van der Waals surface area contributed by atoms with Gasteiger partial charge < -0.3 is 4.74 Å². The molecular weight excluding hydrogens is 154 g/mol. The Morgan fingerprint density at radius 1 is 1.25 bits per heavy atom. The Labute approximate surface area is 73.7 Å². The predicted molar refractivity (Wildman–Crippen MR) is 46.9 cm³/mol. The van der Waals surface area contributed by atoms with Crippen LogP contribution in [0.15, 0.2) is 0 Å². The van der Waals surface area contributed by atoms with Gasteiger partial charge in [0, 0.05) is 0 Å². The van der Waals surface area contributed by atoms with Gasteiger partial charge in [-0.15, -0.1) is 0 Å². The van der Waals surface area contributed by atoms with E-state index in [-0.39, 0.29) is 5.97 Å². The maximum absolute atomic E-state index is 10.9. The van der Waals surface area contributed by atoms with Crippen LogP contribution in [-0.2, 0) is 9.53 Å². The number of hydrogen-bond acceptors (Lipinski definition) is 3. The highest BCUT2D eigenvalue weighted by Crippen LogP contribution is 2.08. The van der Waals surface area contributed by atoms with Crippen molar-refractivity contribution in [2.24, 2.45) is 0 Å². The molecule has 12 heavy (non-hydrogen) atoms. The molecule has 1 fully saturated rings. The van der Waals surface area contributed by atoms with Crippen LogP contribution >= 0.6 is 0 Å². The molecule has 0 bridgehead atoms. The third-order valence-electron chi connectivity index (χ3n) is 2.28. The van der Waals surface area contributed by atoms with Crippen molar-refractivity contribution in [3.8, 4) is 0 Å². The molecule has 1 rings (SSSR count). The van der Waals surface area contributed by atoms with Crippen molar-refractivity contribution < 1.29 is 9.53 Å². The van der Waals surface area contributed by atoms with Crippen LogP contribution in [0.5, 0.6) is 0 Å². The second-order valence-corrected chi connectivity index (χ2v) is 3.27. The molecule has 0 aromatic rings. The van der Waals surface area contributed by atoms with Crippen molar-refractivity contribution >= 4 is 5.97 Å². The van der Waals surface area contributed by atoms with E-state index in [0.29, 0.717) is 6.54 Å². The number of likely N-dealkylation sites (tertiary alicyclic amines) is 1. The van der Waals surface area contributed by atoms with E-state index >= 15 is 0 Å². The summed E-state index contributed by atoms with van der Waals surface area (Å²) in [4.78, 5) is 13.1. The monoisotopic (exact) mass is 171 g/mol. The first-order chi connectivity index (χ1) is 5.83. The van der Waals surface area contributed by atoms with E-state index in [1.54, 1.807) is 0 Å². The summed E-state index contributed by atoms with van der Waals surface area (Å²) in [5, 5.41) is 0. The smallest absolute Gasteiger partial charge is 0.319 e. The molecule has 70 valence electrons. The van der Waals surface area contributed by atoms with E-state index in [2.05, 4.69) is 9.64 Å². The number of ether oxygens (including phenoxy) is 1. The van der Waals surface area contributed by atoms with Gasteiger partial charge in [0.05, 0.1) is 13.7 Å². The Morgan fingerprint density at radius 3 is 2.33 bits per heavy atom. The normalized spacial score (nSPS) is 20.1. The van der Waals surface area contributed by atoms with E-state index in [4.69, 9.17) is 0 Å². The van der Waals surface area contributed by atoms with Crippen molar-refractivity contribution in [1.29, 1.82) is 0 Å². The summed E-state index contributed by atoms with van der Waals surface area (Å²) in [6.45, 7) is 2.57. The third kappa shape index (κ3) is 3.22. The molecule has 0 N–H and O–H groups in total. The topological polar surface area (TPSA) is 29.5 Å². The number of hydrogen-bond donors (Lipinski definition) is 0. The highest BCUT2D eigenvalue weighted by molar-refractivity contribution is 5.71. The van der Waals surface area contributed by atoms with E-state index in [1.165, 1.54) is 32.8 Å². The first-order valence-electron chi connectivity index (χ1n) is 4.62. The molecule has 0 saturated carbocycles. The van der Waals surface area contributed by atoms with Crippen LogP contribution in [-0.4, -0.2) is 37.6 Å². The van der Waals surface area contributed by atoms with Crippen molar-refractivity contribution in [1.82, 2.24) is 4.90 Å². The summed E-state index contributed by atoms with van der Waals surface area (Å²) in [5.74, 6) is -0.114. The van der Waals surface area contributed by atoms with Crippen LogP contribution in [0.25, 0.3) is 0 Å². The summed E-state index contributed by atoms with van der Waals surface area (Å²) in [7, 11) is 1.44. The van der Waals surface area contributed by atoms with Gasteiger partial charge in [-0.2, -0.15) is 0 Å². The van der Waals surface area contributed by atoms with Crippen LogP contribution in [0.1, 0.15) is 25.7 Å². The second-order valence-electron chi connectivity index (χ2n) is 3.27. The van der Waals surface area contributed by atoms with Crippen LogP contribution < -0.4 is 0 Å². The van der Waals surface area contributed by atoms with Gasteiger partial charge in [-0.05, 0) is 25.9 Å². The molecule has 0 aromatic heterocycles. The molecule has 3 nitrogen and oxygen atoms in total. The first kappa shape index (κ1) is 9.52. The Hall–Kier alpha value is -0.570. The van der Waals surface area contributed by atoms with Crippen LogP contribution in [0, 0.1) is 0 Å². The molecule has 0 atom stereocenters. The molecule has 0 spiro atoms. The van der Waals surface area contributed by atoms with Gasteiger partial charge in [0.2, 0.25) is 0 Å². The lowest BCUT2D eigenvalue weighted by Gasteiger charge is -2.17. The lowest BCUT2D eigenvalue weighted by molar-refractivity contribution is -0.141. The largest absolute Gasteiger partial charge is 0.468 e. The van der Waals surface area contributed by atoms with Crippen molar-refractivity contribution in [2.75, 3.05) is 26.7 Å². The maximum atomic E-state index is 10.9. The molecule has 0 aliphatic carbocycles. The van der Waals surface area contributed by atoms with Gasteiger partial charge in [0.1, 0.15) is 0 Å². The van der Waals surface area contributed by atoms with Crippen molar-refractivity contribution in [3.63, 3.8) is 0 Å². The van der Waals surface area contributed by atoms with E-state index in [0.717, 1.165) is 13.1 Å². The van der Waals surface area contributed by atoms with E-state index < -0.39 is 0 Å². The molecule has 0 unspecified atom stereocenters. The lowest BCUT2D eigenvalue weighted by atomic mass is 10.2. The molecule has 3 heteroatoms. The zero-order valence-corrected chi connectivity index (χ0v) is 7.71. The third-order valence-corrected chi connectivity index (χ3v) is 2.28. The number of esters is 1. The second kappa shape index (κ2) is 5.14. The molecular formula is C9H17NO2. The standard InChI is InChI=1S/C9H17NO2/c1-12-9(11)8-10-6-4-2-3-5-7-10/h2-8H2,1H3. The van der Waals surface area contributed by atoms with Gasteiger partial charge in [-0.3, -0.25) is 9.69 Å². The van der Waals surface area contributed by atoms with Crippen LogP contribution in [0.2, 0.25) is 0 Å². The minimum Gasteiger partial charge on any atom is -0.468 e. The molecule has 1 heterocycles. The molecule has 1 saturated heterocycles. The number of carbonyl (C=O) groups is 1. The number of rotatable bonds is 2. The SMILES string of the molecule is COC(=O)CN1CCCCCC1. The van der Waals surface area contributed by atoms with Crippen molar-refractivity contribution in [2.45, 2.75) is 25.7 Å². The molecule has 1 aliphatic heterocycles. The van der Waals surface area contributed by atoms with E-state index in [1.807, 2.05) is 0 Å². The van der Waals surface area contributed by atoms with Gasteiger partial charge in [-0.1, -0.05) is 12.8 Å². The molecule has 0 radical (unpaired) electrons. The Balaban J connectivity index is 2.24. The summed E-state index contributed by atoms with van der Waals surface area (Å²) >= 11 is 0.